The van der Waals surface area contributed by atoms with E-state index in [9.17, 15) is 9.59 Å². The summed E-state index contributed by atoms with van der Waals surface area (Å²) in [6.07, 6.45) is 2.45. The highest BCUT2D eigenvalue weighted by Crippen LogP contribution is 2.41. The summed E-state index contributed by atoms with van der Waals surface area (Å²) in [6, 6.07) is 0.0546. The van der Waals surface area contributed by atoms with Gasteiger partial charge in [0.2, 0.25) is 0 Å². The molecule has 1 heterocycles. The number of ether oxygens (including phenoxy) is 1. The zero-order valence-electron chi connectivity index (χ0n) is 14.7. The van der Waals surface area contributed by atoms with Gasteiger partial charge in [-0.3, -0.25) is 4.79 Å². The first-order valence-corrected chi connectivity index (χ1v) is 8.59. The van der Waals surface area contributed by atoms with Gasteiger partial charge in [-0.1, -0.05) is 6.92 Å². The van der Waals surface area contributed by atoms with Gasteiger partial charge in [-0.2, -0.15) is 4.79 Å². The lowest BCUT2D eigenvalue weighted by Gasteiger charge is -2.52. The number of nitrogens with two attached hydrogens (primary N) is 1. The van der Waals surface area contributed by atoms with Crippen molar-refractivity contribution in [1.82, 2.24) is 0 Å². The maximum atomic E-state index is 13.0. The average molecular weight is 327 g/mol. The predicted octanol–water partition coefficient (Wildman–Crippen LogP) is 2.36. The van der Waals surface area contributed by atoms with E-state index in [1.807, 2.05) is 20.8 Å². The summed E-state index contributed by atoms with van der Waals surface area (Å²) in [6.45, 7) is 8.87. The van der Waals surface area contributed by atoms with Gasteiger partial charge in [0.05, 0.1) is 25.0 Å². The molecule has 0 spiro atoms. The van der Waals surface area contributed by atoms with Gasteiger partial charge in [0.1, 0.15) is 12.1 Å². The highest BCUT2D eigenvalue weighted by Gasteiger charge is 2.55. The summed E-state index contributed by atoms with van der Waals surface area (Å²) < 4.78 is 5.91. The maximum absolute atomic E-state index is 13.0. The number of quaternary nitrogens is 1. The normalized spacial score (nSPS) is 37.8. The molecule has 1 amide bonds. The van der Waals surface area contributed by atoms with E-state index in [4.69, 9.17) is 15.6 Å². The first kappa shape index (κ1) is 18.2. The molecule has 1 saturated carbocycles. The lowest BCUT2D eigenvalue weighted by atomic mass is 9.76. The number of carboxylic acid groups (broad SMARTS) is 1. The molecule has 3 atom stereocenters. The van der Waals surface area contributed by atoms with Crippen LogP contribution in [0.1, 0.15) is 53.4 Å². The van der Waals surface area contributed by atoms with E-state index in [2.05, 4.69) is 6.92 Å². The number of nitrogens with zero attached hydrogens (tertiary/aromatic N) is 1. The highest BCUT2D eigenvalue weighted by molar-refractivity contribution is 5.67. The molecule has 0 aromatic carbocycles. The summed E-state index contributed by atoms with van der Waals surface area (Å²) in [4.78, 5) is 24.1. The number of carbonyl (C=O) groups is 2. The van der Waals surface area contributed by atoms with Crippen molar-refractivity contribution in [3.05, 3.63) is 0 Å². The summed E-state index contributed by atoms with van der Waals surface area (Å²) in [7, 11) is 0. The van der Waals surface area contributed by atoms with Crippen LogP contribution < -0.4 is 5.73 Å². The largest absolute Gasteiger partial charge is 0.516 e. The van der Waals surface area contributed by atoms with Crippen LogP contribution in [0.4, 0.5) is 4.79 Å². The third-order valence-corrected chi connectivity index (χ3v) is 5.05. The fourth-order valence-corrected chi connectivity index (χ4v) is 4.14. The third-order valence-electron chi connectivity index (χ3n) is 5.05. The lowest BCUT2D eigenvalue weighted by molar-refractivity contribution is -0.900. The average Bonchev–Trinajstić information content (AvgIpc) is 2.31. The molecule has 2 fully saturated rings. The van der Waals surface area contributed by atoms with Crippen LogP contribution in [-0.4, -0.2) is 52.4 Å². The Kier molecular flexibility index (Phi) is 5.06. The number of hydrogen-bond acceptors (Lipinski definition) is 4. The molecule has 2 rings (SSSR count). The maximum Gasteiger partial charge on any atom is 0.516 e. The zero-order chi connectivity index (χ0) is 17.4. The molecule has 6 heteroatoms. The number of piperidine rings is 1. The van der Waals surface area contributed by atoms with E-state index in [1.54, 1.807) is 0 Å². The number of likely N-dealkylation sites (tertiary alicyclic amines) is 1. The molecule has 1 saturated heterocycles. The number of rotatable bonds is 3. The molecule has 0 bridgehead atoms. The Bertz CT molecular complexity index is 468. The molecule has 0 aromatic rings. The van der Waals surface area contributed by atoms with Gasteiger partial charge in [-0.25, -0.2) is 4.48 Å². The quantitative estimate of drug-likeness (QED) is 0.777. The van der Waals surface area contributed by atoms with Crippen LogP contribution in [0.15, 0.2) is 0 Å². The standard InChI is InChI=1S/C17H30N2O4/c1-11-5-14(6-11)19(16(22)23-17(2,3)4)9-12(8-15(20)21)7-13(18)10-19/h11-14H,5-10,18H2,1-4H3/p+1. The monoisotopic (exact) mass is 327 g/mol. The summed E-state index contributed by atoms with van der Waals surface area (Å²) in [5.41, 5.74) is 5.66. The molecule has 2 aliphatic rings. The van der Waals surface area contributed by atoms with Gasteiger partial charge in [-0.15, -0.1) is 0 Å². The number of aliphatic carboxylic acids is 1. The van der Waals surface area contributed by atoms with Gasteiger partial charge in [0, 0.05) is 18.8 Å². The van der Waals surface area contributed by atoms with Crippen molar-refractivity contribution in [2.75, 3.05) is 13.1 Å². The van der Waals surface area contributed by atoms with Crippen LogP contribution >= 0.6 is 0 Å². The molecule has 1 aliphatic carbocycles. The van der Waals surface area contributed by atoms with Crippen LogP contribution in [0.5, 0.6) is 0 Å². The fraction of sp³-hybridized carbons (Fsp3) is 0.882. The second-order valence-corrected chi connectivity index (χ2v) is 8.57. The van der Waals surface area contributed by atoms with Crippen LogP contribution in [0.2, 0.25) is 0 Å². The van der Waals surface area contributed by atoms with Crippen LogP contribution in [-0.2, 0) is 9.53 Å². The third kappa shape index (κ3) is 4.23. The topological polar surface area (TPSA) is 89.6 Å². The zero-order valence-corrected chi connectivity index (χ0v) is 14.7. The lowest BCUT2D eigenvalue weighted by Crippen LogP contribution is -2.70. The predicted molar refractivity (Wildman–Crippen MR) is 86.7 cm³/mol. The molecule has 132 valence electrons. The van der Waals surface area contributed by atoms with Gasteiger partial charge in [0.25, 0.3) is 0 Å². The van der Waals surface area contributed by atoms with Gasteiger partial charge >= 0.3 is 12.1 Å². The Balaban J connectivity index is 2.25. The van der Waals surface area contributed by atoms with E-state index >= 15 is 0 Å². The molecular formula is C17H31N2O4+. The Morgan fingerprint density at radius 2 is 1.83 bits per heavy atom. The number of hydrogen-bond donors (Lipinski definition) is 2. The van der Waals surface area contributed by atoms with Crippen molar-refractivity contribution in [2.24, 2.45) is 17.6 Å². The van der Waals surface area contributed by atoms with Crippen molar-refractivity contribution in [3.63, 3.8) is 0 Å². The number of carbonyl (C=O) groups excluding carboxylic acids is 1. The second kappa shape index (κ2) is 6.40. The molecule has 3 unspecified atom stereocenters. The first-order valence-electron chi connectivity index (χ1n) is 8.59. The molecule has 0 aromatic heterocycles. The van der Waals surface area contributed by atoms with Crippen LogP contribution in [0.25, 0.3) is 0 Å². The molecule has 3 N–H and O–H groups in total. The van der Waals surface area contributed by atoms with Crippen LogP contribution in [0, 0.1) is 11.8 Å². The molecule has 0 radical (unpaired) electrons. The van der Waals surface area contributed by atoms with Crippen molar-refractivity contribution < 1.29 is 23.9 Å². The summed E-state index contributed by atoms with van der Waals surface area (Å²) >= 11 is 0. The van der Waals surface area contributed by atoms with Gasteiger partial charge < -0.3 is 15.6 Å². The van der Waals surface area contributed by atoms with Crippen molar-refractivity contribution in [2.45, 2.75) is 71.1 Å². The summed E-state index contributed by atoms with van der Waals surface area (Å²) in [5, 5.41) is 9.14. The second-order valence-electron chi connectivity index (χ2n) is 8.57. The Hall–Kier alpha value is -1.14. The minimum Gasteiger partial charge on any atom is -0.481 e. The van der Waals surface area contributed by atoms with E-state index in [0.717, 1.165) is 12.8 Å². The minimum atomic E-state index is -0.826. The van der Waals surface area contributed by atoms with Crippen LogP contribution in [0.3, 0.4) is 0 Å². The van der Waals surface area contributed by atoms with Crippen molar-refractivity contribution in [1.29, 1.82) is 0 Å². The number of amides is 1. The minimum absolute atomic E-state index is 0.0682. The molecular weight excluding hydrogens is 296 g/mol. The first-order chi connectivity index (χ1) is 10.5. The molecule has 6 nitrogen and oxygen atoms in total. The van der Waals surface area contributed by atoms with E-state index < -0.39 is 11.6 Å². The van der Waals surface area contributed by atoms with Crippen molar-refractivity contribution >= 4 is 12.1 Å². The smallest absolute Gasteiger partial charge is 0.481 e. The SMILES string of the molecule is CC1CC([N+]2(C(=O)OC(C)(C)C)CC(N)CC(CC(=O)O)C2)C1. The fourth-order valence-electron chi connectivity index (χ4n) is 4.14. The Morgan fingerprint density at radius 3 is 2.30 bits per heavy atom. The van der Waals surface area contributed by atoms with Crippen molar-refractivity contribution in [3.8, 4) is 0 Å². The van der Waals surface area contributed by atoms with E-state index in [0.29, 0.717) is 25.4 Å². The molecule has 23 heavy (non-hydrogen) atoms. The Morgan fingerprint density at radius 1 is 1.22 bits per heavy atom. The Labute approximate surface area is 138 Å². The van der Waals surface area contributed by atoms with Gasteiger partial charge in [0.15, 0.2) is 0 Å². The number of carboxylic acids is 1. The highest BCUT2D eigenvalue weighted by atomic mass is 16.6. The van der Waals surface area contributed by atoms with E-state index in [1.165, 1.54) is 0 Å². The molecule has 1 aliphatic heterocycles. The summed E-state index contributed by atoms with van der Waals surface area (Å²) in [5.74, 6) is -0.290. The van der Waals surface area contributed by atoms with E-state index in [-0.39, 0.29) is 35.0 Å². The van der Waals surface area contributed by atoms with Gasteiger partial charge in [-0.05, 0) is 33.1 Å².